The Kier molecular flexibility index (Phi) is 3.54. The quantitative estimate of drug-likeness (QED) is 0.482. The first-order valence-electron chi connectivity index (χ1n) is 7.19. The first kappa shape index (κ1) is 15.7. The molecule has 4 aromatic rings. The summed E-state index contributed by atoms with van der Waals surface area (Å²) in [7, 11) is 0. The third kappa shape index (κ3) is 2.76. The summed E-state index contributed by atoms with van der Waals surface area (Å²) in [6.07, 6.45) is -1.78. The Morgan fingerprint density at radius 2 is 1.92 bits per heavy atom. The average molecular weight is 364 g/mol. The second-order valence-corrected chi connectivity index (χ2v) is 5.73. The molecule has 25 heavy (non-hydrogen) atoms. The van der Waals surface area contributed by atoms with Crippen LogP contribution in [-0.2, 0) is 6.18 Å². The fraction of sp³-hybridized carbons (Fsp3) is 0.0588. The zero-order valence-corrected chi connectivity index (χ0v) is 13.2. The van der Waals surface area contributed by atoms with E-state index in [0.717, 1.165) is 10.7 Å². The molecule has 3 heterocycles. The first-order chi connectivity index (χ1) is 11.9. The number of furan rings is 1. The molecular weight excluding hydrogens is 355 g/mol. The maximum Gasteiger partial charge on any atom is 0.433 e. The molecule has 0 aliphatic rings. The molecular formula is C17H9ClF3N3O. The molecule has 4 nitrogen and oxygen atoms in total. The molecule has 0 bridgehead atoms. The molecule has 126 valence electrons. The van der Waals surface area contributed by atoms with E-state index in [0.29, 0.717) is 15.9 Å². The SMILES string of the molecule is FC(F)(F)c1cc(-c2ccco2)nn1-c1ccnc2cc(Cl)ccc12. The van der Waals surface area contributed by atoms with Gasteiger partial charge in [0, 0.05) is 22.7 Å². The Balaban J connectivity index is 1.99. The first-order valence-corrected chi connectivity index (χ1v) is 7.57. The molecule has 0 amide bonds. The van der Waals surface area contributed by atoms with Crippen molar-refractivity contribution >= 4 is 22.5 Å². The monoisotopic (exact) mass is 363 g/mol. The highest BCUT2D eigenvalue weighted by molar-refractivity contribution is 6.31. The van der Waals surface area contributed by atoms with Crippen LogP contribution >= 0.6 is 11.6 Å². The van der Waals surface area contributed by atoms with Crippen LogP contribution in [0.15, 0.2) is 59.3 Å². The summed E-state index contributed by atoms with van der Waals surface area (Å²) in [5.74, 6) is 0.255. The van der Waals surface area contributed by atoms with Gasteiger partial charge < -0.3 is 4.42 Å². The van der Waals surface area contributed by atoms with E-state index in [2.05, 4.69) is 10.1 Å². The predicted molar refractivity (Wildman–Crippen MR) is 86.6 cm³/mol. The van der Waals surface area contributed by atoms with E-state index in [-0.39, 0.29) is 17.1 Å². The maximum atomic E-state index is 13.5. The van der Waals surface area contributed by atoms with Crippen molar-refractivity contribution in [1.29, 1.82) is 0 Å². The number of hydrogen-bond acceptors (Lipinski definition) is 3. The summed E-state index contributed by atoms with van der Waals surface area (Å²) in [5, 5.41) is 5.06. The van der Waals surface area contributed by atoms with Gasteiger partial charge in [0.15, 0.2) is 5.76 Å². The van der Waals surface area contributed by atoms with Crippen LogP contribution in [0.1, 0.15) is 5.69 Å². The smallest absolute Gasteiger partial charge is 0.433 e. The van der Waals surface area contributed by atoms with Gasteiger partial charge in [0.05, 0.1) is 17.5 Å². The van der Waals surface area contributed by atoms with Crippen molar-refractivity contribution in [3.8, 4) is 17.1 Å². The number of fused-ring (bicyclic) bond motifs is 1. The highest BCUT2D eigenvalue weighted by atomic mass is 35.5. The highest BCUT2D eigenvalue weighted by Gasteiger charge is 2.37. The number of nitrogens with zero attached hydrogens (tertiary/aromatic N) is 3. The molecule has 8 heteroatoms. The predicted octanol–water partition coefficient (Wildman–Crippen LogP) is 5.35. The molecule has 0 atom stereocenters. The van der Waals surface area contributed by atoms with Crippen molar-refractivity contribution in [2.24, 2.45) is 0 Å². The van der Waals surface area contributed by atoms with Gasteiger partial charge in [0.1, 0.15) is 11.4 Å². The minimum atomic E-state index is -4.58. The van der Waals surface area contributed by atoms with Gasteiger partial charge in [-0.2, -0.15) is 18.3 Å². The van der Waals surface area contributed by atoms with Crippen molar-refractivity contribution in [2.75, 3.05) is 0 Å². The summed E-state index contributed by atoms with van der Waals surface area (Å²) in [6.45, 7) is 0. The maximum absolute atomic E-state index is 13.5. The van der Waals surface area contributed by atoms with Crippen LogP contribution in [0.4, 0.5) is 13.2 Å². The molecule has 0 fully saturated rings. The van der Waals surface area contributed by atoms with E-state index >= 15 is 0 Å². The van der Waals surface area contributed by atoms with Gasteiger partial charge in [-0.25, -0.2) is 4.68 Å². The summed E-state index contributed by atoms with van der Waals surface area (Å²) in [5.41, 5.74) is -0.0717. The second kappa shape index (κ2) is 5.63. The summed E-state index contributed by atoms with van der Waals surface area (Å²) < 4.78 is 46.6. The van der Waals surface area contributed by atoms with Gasteiger partial charge in [-0.3, -0.25) is 4.98 Å². The fourth-order valence-corrected chi connectivity index (χ4v) is 2.77. The Morgan fingerprint density at radius 1 is 1.08 bits per heavy atom. The van der Waals surface area contributed by atoms with Crippen LogP contribution in [0.5, 0.6) is 0 Å². The molecule has 0 unspecified atom stereocenters. The lowest BCUT2D eigenvalue weighted by molar-refractivity contribution is -0.142. The van der Waals surface area contributed by atoms with E-state index in [1.165, 1.54) is 18.5 Å². The number of pyridine rings is 1. The number of benzene rings is 1. The zero-order valence-electron chi connectivity index (χ0n) is 12.5. The number of halogens is 4. The van der Waals surface area contributed by atoms with Crippen LogP contribution in [-0.4, -0.2) is 14.8 Å². The molecule has 4 rings (SSSR count). The average Bonchev–Trinajstić information content (AvgIpc) is 3.22. The van der Waals surface area contributed by atoms with Crippen LogP contribution in [0, 0.1) is 0 Å². The lowest BCUT2D eigenvalue weighted by Gasteiger charge is -2.12. The van der Waals surface area contributed by atoms with E-state index in [9.17, 15) is 13.2 Å². The molecule has 0 spiro atoms. The van der Waals surface area contributed by atoms with Crippen LogP contribution < -0.4 is 0 Å². The normalized spacial score (nSPS) is 12.0. The Labute approximate surface area is 144 Å². The standard InChI is InChI=1S/C17H9ClF3N3O/c18-10-3-4-11-12(8-10)22-6-5-14(11)24-16(17(19,20)21)9-13(23-24)15-2-1-7-25-15/h1-9H. The lowest BCUT2D eigenvalue weighted by atomic mass is 10.2. The molecule has 0 saturated carbocycles. The third-order valence-electron chi connectivity index (χ3n) is 3.68. The van der Waals surface area contributed by atoms with E-state index in [4.69, 9.17) is 16.0 Å². The van der Waals surface area contributed by atoms with Gasteiger partial charge >= 0.3 is 6.18 Å². The minimum absolute atomic E-state index is 0.0938. The van der Waals surface area contributed by atoms with Crippen LogP contribution in [0.3, 0.4) is 0 Å². The third-order valence-corrected chi connectivity index (χ3v) is 3.92. The van der Waals surface area contributed by atoms with Crippen LogP contribution in [0.25, 0.3) is 28.0 Å². The van der Waals surface area contributed by atoms with Gasteiger partial charge in [0.25, 0.3) is 0 Å². The van der Waals surface area contributed by atoms with Gasteiger partial charge in [-0.15, -0.1) is 0 Å². The van der Waals surface area contributed by atoms with Gasteiger partial charge in [0.2, 0.25) is 0 Å². The number of rotatable bonds is 2. The largest absolute Gasteiger partial charge is 0.463 e. The molecule has 0 radical (unpaired) electrons. The Bertz CT molecular complexity index is 1050. The zero-order chi connectivity index (χ0) is 17.6. The van der Waals surface area contributed by atoms with Crippen molar-refractivity contribution in [3.05, 3.63) is 65.6 Å². The summed E-state index contributed by atoms with van der Waals surface area (Å²) in [6, 6.07) is 10.4. The molecule has 0 saturated heterocycles. The Morgan fingerprint density at radius 3 is 2.64 bits per heavy atom. The van der Waals surface area contributed by atoms with E-state index in [1.807, 2.05) is 0 Å². The fourth-order valence-electron chi connectivity index (χ4n) is 2.60. The topological polar surface area (TPSA) is 43.9 Å². The molecule has 1 aromatic carbocycles. The number of alkyl halides is 3. The summed E-state index contributed by atoms with van der Waals surface area (Å²) in [4.78, 5) is 4.15. The number of aromatic nitrogens is 3. The molecule has 3 aromatic heterocycles. The molecule has 0 aliphatic heterocycles. The minimum Gasteiger partial charge on any atom is -0.463 e. The number of hydrogen-bond donors (Lipinski definition) is 0. The lowest BCUT2D eigenvalue weighted by Crippen LogP contribution is -2.13. The van der Waals surface area contributed by atoms with Crippen molar-refractivity contribution < 1.29 is 17.6 Å². The van der Waals surface area contributed by atoms with E-state index < -0.39 is 11.9 Å². The Hall–Kier alpha value is -2.80. The van der Waals surface area contributed by atoms with Crippen LogP contribution in [0.2, 0.25) is 5.02 Å². The summed E-state index contributed by atoms with van der Waals surface area (Å²) >= 11 is 5.94. The van der Waals surface area contributed by atoms with Gasteiger partial charge in [-0.1, -0.05) is 11.6 Å². The van der Waals surface area contributed by atoms with Crippen molar-refractivity contribution in [1.82, 2.24) is 14.8 Å². The van der Waals surface area contributed by atoms with Gasteiger partial charge in [-0.05, 0) is 36.4 Å². The van der Waals surface area contributed by atoms with E-state index in [1.54, 1.807) is 30.3 Å². The second-order valence-electron chi connectivity index (χ2n) is 5.29. The van der Waals surface area contributed by atoms with Crippen molar-refractivity contribution in [2.45, 2.75) is 6.18 Å². The highest BCUT2D eigenvalue weighted by Crippen LogP contribution is 2.35. The van der Waals surface area contributed by atoms with Crippen molar-refractivity contribution in [3.63, 3.8) is 0 Å². The molecule has 0 N–H and O–H groups in total. The molecule has 0 aliphatic carbocycles.